The Kier molecular flexibility index (Phi) is 3.38. The quantitative estimate of drug-likeness (QED) is 0.753. The Balaban J connectivity index is 2.06. The first-order valence-electron chi connectivity index (χ1n) is 6.29. The molecule has 0 radical (unpaired) electrons. The van der Waals surface area contributed by atoms with Crippen molar-refractivity contribution in [1.29, 1.82) is 0 Å². The molecule has 1 aromatic heterocycles. The summed E-state index contributed by atoms with van der Waals surface area (Å²) in [6, 6.07) is 15.3. The van der Waals surface area contributed by atoms with Gasteiger partial charge in [-0.2, -0.15) is 4.98 Å². The minimum Gasteiger partial charge on any atom is -0.604 e. The number of imidazole rings is 1. The molecule has 0 bridgehead atoms. The SMILES string of the molecule is CN(C)c1ccccc1[S+]([O-])c1nc2ccccc2[nH]1. The topological polar surface area (TPSA) is 55.0 Å². The molecule has 0 amide bonds. The molecule has 1 heterocycles. The summed E-state index contributed by atoms with van der Waals surface area (Å²) in [7, 11) is 3.88. The molecule has 3 aromatic rings. The van der Waals surface area contributed by atoms with Gasteiger partial charge in [-0.25, -0.2) is 0 Å². The van der Waals surface area contributed by atoms with Gasteiger partial charge in [0.2, 0.25) is 0 Å². The summed E-state index contributed by atoms with van der Waals surface area (Å²) in [6.45, 7) is 0. The maximum atomic E-state index is 12.7. The summed E-state index contributed by atoms with van der Waals surface area (Å²) in [5.74, 6) is 0. The van der Waals surface area contributed by atoms with Crippen molar-refractivity contribution in [3.63, 3.8) is 0 Å². The van der Waals surface area contributed by atoms with Gasteiger partial charge in [0, 0.05) is 14.1 Å². The second kappa shape index (κ2) is 5.19. The molecule has 1 atom stereocenters. The van der Waals surface area contributed by atoms with Crippen LogP contribution < -0.4 is 4.90 Å². The largest absolute Gasteiger partial charge is 0.604 e. The van der Waals surface area contributed by atoms with Gasteiger partial charge in [0.25, 0.3) is 0 Å². The summed E-state index contributed by atoms with van der Waals surface area (Å²) in [6.07, 6.45) is 0. The summed E-state index contributed by atoms with van der Waals surface area (Å²) in [5.41, 5.74) is 2.67. The van der Waals surface area contributed by atoms with Gasteiger partial charge in [-0.3, -0.25) is 4.98 Å². The molecule has 0 aliphatic rings. The van der Waals surface area contributed by atoms with Gasteiger partial charge < -0.3 is 9.45 Å². The van der Waals surface area contributed by atoms with Crippen molar-refractivity contribution in [1.82, 2.24) is 9.97 Å². The number of rotatable bonds is 3. The molecule has 0 saturated carbocycles. The standard InChI is InChI=1S/C15H15N3OS/c1-18(2)13-9-5-6-10-14(13)20(19)15-16-11-7-3-4-8-12(11)17-15/h3-10H,1-2H3,(H,16,17). The third-order valence-corrected chi connectivity index (χ3v) is 4.38. The molecule has 2 aromatic carbocycles. The van der Waals surface area contributed by atoms with Crippen molar-refractivity contribution in [2.24, 2.45) is 0 Å². The Bertz CT molecular complexity index is 706. The van der Waals surface area contributed by atoms with Crippen molar-refractivity contribution in [3.05, 3.63) is 48.5 Å². The number of hydrogen-bond acceptors (Lipinski definition) is 3. The highest BCUT2D eigenvalue weighted by molar-refractivity contribution is 7.91. The second-order valence-electron chi connectivity index (χ2n) is 4.69. The highest BCUT2D eigenvalue weighted by Gasteiger charge is 2.23. The number of hydrogen-bond donors (Lipinski definition) is 1. The maximum Gasteiger partial charge on any atom is 0.327 e. The van der Waals surface area contributed by atoms with E-state index in [9.17, 15) is 4.55 Å². The molecule has 102 valence electrons. The lowest BCUT2D eigenvalue weighted by atomic mass is 10.3. The zero-order valence-corrected chi connectivity index (χ0v) is 12.1. The predicted molar refractivity (Wildman–Crippen MR) is 81.5 cm³/mol. The van der Waals surface area contributed by atoms with E-state index >= 15 is 0 Å². The van der Waals surface area contributed by atoms with Crippen LogP contribution in [0.2, 0.25) is 0 Å². The number of nitrogens with one attached hydrogen (secondary N) is 1. The Morgan fingerprint density at radius 3 is 2.50 bits per heavy atom. The Hall–Kier alpha value is -1.98. The number of fused-ring (bicyclic) bond motifs is 1. The van der Waals surface area contributed by atoms with Gasteiger partial charge in [0.1, 0.15) is 0 Å². The minimum atomic E-state index is -1.32. The normalized spacial score (nSPS) is 12.6. The molecule has 1 N–H and O–H groups in total. The average molecular weight is 285 g/mol. The van der Waals surface area contributed by atoms with Crippen LogP contribution in [0.5, 0.6) is 0 Å². The number of H-pyrrole nitrogens is 1. The molecule has 0 fully saturated rings. The summed E-state index contributed by atoms with van der Waals surface area (Å²) >= 11 is -1.32. The molecule has 0 saturated heterocycles. The molecule has 0 spiro atoms. The van der Waals surface area contributed by atoms with E-state index in [2.05, 4.69) is 9.97 Å². The van der Waals surface area contributed by atoms with Crippen LogP contribution in [0, 0.1) is 0 Å². The lowest BCUT2D eigenvalue weighted by Gasteiger charge is -2.17. The fourth-order valence-electron chi connectivity index (χ4n) is 2.10. The van der Waals surface area contributed by atoms with E-state index in [0.717, 1.165) is 21.6 Å². The number of anilines is 1. The lowest BCUT2D eigenvalue weighted by Crippen LogP contribution is -2.14. The number of aromatic nitrogens is 2. The van der Waals surface area contributed by atoms with Crippen LogP contribution in [0.1, 0.15) is 0 Å². The van der Waals surface area contributed by atoms with Gasteiger partial charge in [-0.1, -0.05) is 24.3 Å². The predicted octanol–water partition coefficient (Wildman–Crippen LogP) is 2.80. The van der Waals surface area contributed by atoms with E-state index in [1.54, 1.807) is 0 Å². The third kappa shape index (κ3) is 2.26. The van der Waals surface area contributed by atoms with E-state index < -0.39 is 11.2 Å². The second-order valence-corrected chi connectivity index (χ2v) is 6.05. The first kappa shape index (κ1) is 13.0. The van der Waals surface area contributed by atoms with Crippen molar-refractivity contribution >= 4 is 27.9 Å². The molecular weight excluding hydrogens is 270 g/mol. The monoisotopic (exact) mass is 285 g/mol. The van der Waals surface area contributed by atoms with Crippen LogP contribution in [0.15, 0.2) is 58.6 Å². The molecular formula is C15H15N3OS. The number of nitrogens with zero attached hydrogens (tertiary/aromatic N) is 2. The van der Waals surface area contributed by atoms with E-state index in [1.807, 2.05) is 67.5 Å². The van der Waals surface area contributed by atoms with Crippen LogP contribution in [0.4, 0.5) is 5.69 Å². The van der Waals surface area contributed by atoms with Crippen LogP contribution in [0.3, 0.4) is 0 Å². The van der Waals surface area contributed by atoms with Crippen molar-refractivity contribution in [2.75, 3.05) is 19.0 Å². The molecule has 0 aliphatic carbocycles. The van der Waals surface area contributed by atoms with Gasteiger partial charge >= 0.3 is 5.16 Å². The maximum absolute atomic E-state index is 12.7. The van der Waals surface area contributed by atoms with E-state index in [4.69, 9.17) is 0 Å². The average Bonchev–Trinajstić information content (AvgIpc) is 2.90. The summed E-state index contributed by atoms with van der Waals surface area (Å²) in [5, 5.41) is 0.487. The Morgan fingerprint density at radius 2 is 1.75 bits per heavy atom. The smallest absolute Gasteiger partial charge is 0.327 e. The van der Waals surface area contributed by atoms with E-state index in [0.29, 0.717) is 5.16 Å². The van der Waals surface area contributed by atoms with Crippen molar-refractivity contribution < 1.29 is 4.55 Å². The first-order valence-corrected chi connectivity index (χ1v) is 7.44. The van der Waals surface area contributed by atoms with Crippen LogP contribution in [0.25, 0.3) is 11.0 Å². The highest BCUT2D eigenvalue weighted by atomic mass is 32.2. The number of aromatic amines is 1. The molecule has 20 heavy (non-hydrogen) atoms. The van der Waals surface area contributed by atoms with Crippen molar-refractivity contribution in [2.45, 2.75) is 10.1 Å². The fraction of sp³-hybridized carbons (Fsp3) is 0.133. The Labute approximate surface area is 120 Å². The van der Waals surface area contributed by atoms with E-state index in [1.165, 1.54) is 0 Å². The zero-order chi connectivity index (χ0) is 14.1. The minimum absolute atomic E-state index is 0.487. The lowest BCUT2D eigenvalue weighted by molar-refractivity contribution is 0.588. The first-order chi connectivity index (χ1) is 9.66. The highest BCUT2D eigenvalue weighted by Crippen LogP contribution is 2.28. The summed E-state index contributed by atoms with van der Waals surface area (Å²) < 4.78 is 12.7. The Morgan fingerprint density at radius 1 is 1.05 bits per heavy atom. The molecule has 4 nitrogen and oxygen atoms in total. The van der Waals surface area contributed by atoms with Crippen LogP contribution in [-0.2, 0) is 11.2 Å². The van der Waals surface area contributed by atoms with E-state index in [-0.39, 0.29) is 0 Å². The van der Waals surface area contributed by atoms with Crippen LogP contribution >= 0.6 is 0 Å². The van der Waals surface area contributed by atoms with Gasteiger partial charge in [-0.15, -0.1) is 0 Å². The summed E-state index contributed by atoms with van der Waals surface area (Å²) in [4.78, 5) is 10.3. The van der Waals surface area contributed by atoms with Gasteiger partial charge in [-0.05, 0) is 24.3 Å². The zero-order valence-electron chi connectivity index (χ0n) is 11.3. The van der Waals surface area contributed by atoms with Gasteiger partial charge in [0.05, 0.1) is 27.9 Å². The van der Waals surface area contributed by atoms with Crippen molar-refractivity contribution in [3.8, 4) is 0 Å². The molecule has 1 unspecified atom stereocenters. The third-order valence-electron chi connectivity index (χ3n) is 3.09. The molecule has 3 rings (SSSR count). The fourth-order valence-corrected chi connectivity index (χ4v) is 3.34. The van der Waals surface area contributed by atoms with Crippen LogP contribution in [-0.4, -0.2) is 28.6 Å². The number of para-hydroxylation sites is 3. The molecule has 5 heteroatoms. The molecule has 0 aliphatic heterocycles. The number of benzene rings is 2. The van der Waals surface area contributed by atoms with Gasteiger partial charge in [0.15, 0.2) is 4.90 Å².